The molecule has 6 heteroatoms. The largest absolute Gasteiger partial charge is 0.483 e. The van der Waals surface area contributed by atoms with Gasteiger partial charge in [0.15, 0.2) is 6.61 Å². The van der Waals surface area contributed by atoms with Crippen molar-refractivity contribution in [2.45, 2.75) is 13.8 Å². The second kappa shape index (κ2) is 7.65. The molecule has 0 aromatic heterocycles. The zero-order chi connectivity index (χ0) is 16.8. The summed E-state index contributed by atoms with van der Waals surface area (Å²) >= 11 is 5.81. The van der Waals surface area contributed by atoms with Gasteiger partial charge in [0, 0.05) is 10.6 Å². The molecule has 2 rings (SSSR count). The smallest absolute Gasteiger partial charge is 0.276 e. The Balaban J connectivity index is 1.82. The molecule has 5 nitrogen and oxygen atoms in total. The maximum Gasteiger partial charge on any atom is 0.276 e. The van der Waals surface area contributed by atoms with Crippen LogP contribution in [0.3, 0.4) is 0 Å². The molecule has 2 aromatic rings. The highest BCUT2D eigenvalue weighted by atomic mass is 35.5. The van der Waals surface area contributed by atoms with E-state index >= 15 is 0 Å². The summed E-state index contributed by atoms with van der Waals surface area (Å²) in [6.45, 7) is 3.69. The fourth-order valence-corrected chi connectivity index (χ4v) is 2.16. The van der Waals surface area contributed by atoms with E-state index in [2.05, 4.69) is 10.9 Å². The molecule has 0 bridgehead atoms. The van der Waals surface area contributed by atoms with E-state index in [1.54, 1.807) is 18.2 Å². The van der Waals surface area contributed by atoms with Gasteiger partial charge >= 0.3 is 0 Å². The highest BCUT2D eigenvalue weighted by Gasteiger charge is 2.09. The van der Waals surface area contributed by atoms with Crippen LogP contribution in [-0.2, 0) is 4.79 Å². The minimum absolute atomic E-state index is 0.195. The van der Waals surface area contributed by atoms with Crippen LogP contribution in [-0.4, -0.2) is 18.4 Å². The lowest BCUT2D eigenvalue weighted by Crippen LogP contribution is -2.43. The van der Waals surface area contributed by atoms with Crippen molar-refractivity contribution < 1.29 is 14.3 Å². The molecule has 0 atom stereocenters. The standard InChI is InChI=1S/C17H17ClN2O3/c1-11-6-7-15(12(2)8-11)23-10-16(21)19-20-17(22)13-4-3-5-14(18)9-13/h3-9H,10H2,1-2H3,(H,19,21)(H,20,22). The van der Waals surface area contributed by atoms with Crippen molar-refractivity contribution in [3.63, 3.8) is 0 Å². The average Bonchev–Trinajstić information content (AvgIpc) is 2.51. The van der Waals surface area contributed by atoms with Gasteiger partial charge in [-0.25, -0.2) is 0 Å². The predicted octanol–water partition coefficient (Wildman–Crippen LogP) is 2.80. The molecule has 0 spiro atoms. The van der Waals surface area contributed by atoms with E-state index in [1.807, 2.05) is 32.0 Å². The van der Waals surface area contributed by atoms with E-state index in [4.69, 9.17) is 16.3 Å². The van der Waals surface area contributed by atoms with Crippen molar-refractivity contribution in [3.8, 4) is 5.75 Å². The number of benzene rings is 2. The molecular formula is C17H17ClN2O3. The number of ether oxygens (including phenoxy) is 1. The van der Waals surface area contributed by atoms with Crippen molar-refractivity contribution >= 4 is 23.4 Å². The van der Waals surface area contributed by atoms with Crippen LogP contribution in [0.1, 0.15) is 21.5 Å². The number of nitrogens with one attached hydrogen (secondary N) is 2. The van der Waals surface area contributed by atoms with Crippen molar-refractivity contribution in [1.82, 2.24) is 10.9 Å². The molecule has 2 amide bonds. The topological polar surface area (TPSA) is 67.4 Å². The van der Waals surface area contributed by atoms with Gasteiger partial charge in [-0.15, -0.1) is 0 Å². The number of hydrogen-bond donors (Lipinski definition) is 2. The van der Waals surface area contributed by atoms with E-state index in [0.717, 1.165) is 11.1 Å². The Morgan fingerprint density at radius 3 is 2.57 bits per heavy atom. The number of carbonyl (C=O) groups is 2. The third kappa shape index (κ3) is 5.00. The molecule has 120 valence electrons. The fraction of sp³-hybridized carbons (Fsp3) is 0.176. The maximum absolute atomic E-state index is 11.8. The van der Waals surface area contributed by atoms with Gasteiger partial charge in [0.05, 0.1) is 0 Å². The van der Waals surface area contributed by atoms with Gasteiger partial charge in [-0.2, -0.15) is 0 Å². The Morgan fingerprint density at radius 2 is 1.87 bits per heavy atom. The lowest BCUT2D eigenvalue weighted by molar-refractivity contribution is -0.123. The molecular weight excluding hydrogens is 316 g/mol. The minimum atomic E-state index is -0.458. The molecule has 0 heterocycles. The van der Waals surface area contributed by atoms with Crippen LogP contribution in [0.2, 0.25) is 5.02 Å². The quantitative estimate of drug-likeness (QED) is 0.846. The average molecular weight is 333 g/mol. The molecule has 0 aliphatic carbocycles. The Bertz CT molecular complexity index is 732. The molecule has 0 unspecified atom stereocenters. The molecule has 0 aliphatic heterocycles. The second-order valence-electron chi connectivity index (χ2n) is 5.07. The fourth-order valence-electron chi connectivity index (χ4n) is 1.97. The van der Waals surface area contributed by atoms with Crippen LogP contribution in [0.5, 0.6) is 5.75 Å². The van der Waals surface area contributed by atoms with Gasteiger partial charge in [0.25, 0.3) is 11.8 Å². The molecule has 0 radical (unpaired) electrons. The van der Waals surface area contributed by atoms with Crippen LogP contribution in [0.4, 0.5) is 0 Å². The predicted molar refractivity (Wildman–Crippen MR) is 88.5 cm³/mol. The van der Waals surface area contributed by atoms with Crippen molar-refractivity contribution in [2.24, 2.45) is 0 Å². The monoisotopic (exact) mass is 332 g/mol. The van der Waals surface area contributed by atoms with Gasteiger partial charge in [-0.1, -0.05) is 35.4 Å². The summed E-state index contributed by atoms with van der Waals surface area (Å²) in [4.78, 5) is 23.6. The first-order valence-corrected chi connectivity index (χ1v) is 7.38. The number of amides is 2. The second-order valence-corrected chi connectivity index (χ2v) is 5.51. The van der Waals surface area contributed by atoms with Crippen LogP contribution in [0.15, 0.2) is 42.5 Å². The molecule has 23 heavy (non-hydrogen) atoms. The Morgan fingerprint density at radius 1 is 1.09 bits per heavy atom. The highest BCUT2D eigenvalue weighted by molar-refractivity contribution is 6.30. The first kappa shape index (κ1) is 16.8. The van der Waals surface area contributed by atoms with E-state index in [-0.39, 0.29) is 6.61 Å². The van der Waals surface area contributed by atoms with Gasteiger partial charge in [0.2, 0.25) is 0 Å². The van der Waals surface area contributed by atoms with E-state index in [9.17, 15) is 9.59 Å². The number of hydrazine groups is 1. The van der Waals surface area contributed by atoms with Gasteiger partial charge in [-0.3, -0.25) is 20.4 Å². The van der Waals surface area contributed by atoms with Crippen molar-refractivity contribution in [2.75, 3.05) is 6.61 Å². The maximum atomic E-state index is 11.8. The Labute approximate surface area is 139 Å². The third-order valence-corrected chi connectivity index (χ3v) is 3.33. The summed E-state index contributed by atoms with van der Waals surface area (Å²) in [5.41, 5.74) is 7.02. The lowest BCUT2D eigenvalue weighted by atomic mass is 10.1. The zero-order valence-corrected chi connectivity index (χ0v) is 13.6. The molecule has 0 aliphatic rings. The summed E-state index contributed by atoms with van der Waals surface area (Å²) in [6, 6.07) is 12.1. The first-order valence-electron chi connectivity index (χ1n) is 7.00. The number of rotatable bonds is 4. The SMILES string of the molecule is Cc1ccc(OCC(=O)NNC(=O)c2cccc(Cl)c2)c(C)c1. The minimum Gasteiger partial charge on any atom is -0.483 e. The lowest BCUT2D eigenvalue weighted by Gasteiger charge is -2.11. The molecule has 2 aromatic carbocycles. The number of hydrogen-bond acceptors (Lipinski definition) is 3. The van der Waals surface area contributed by atoms with Crippen LogP contribution in [0.25, 0.3) is 0 Å². The molecule has 0 saturated heterocycles. The summed E-state index contributed by atoms with van der Waals surface area (Å²) in [5.74, 6) is -0.278. The number of halogens is 1. The molecule has 2 N–H and O–H groups in total. The van der Waals surface area contributed by atoms with E-state index in [1.165, 1.54) is 6.07 Å². The number of carbonyl (C=O) groups excluding carboxylic acids is 2. The molecule has 0 saturated carbocycles. The van der Waals surface area contributed by atoms with Crippen LogP contribution >= 0.6 is 11.6 Å². The Kier molecular flexibility index (Phi) is 5.60. The zero-order valence-electron chi connectivity index (χ0n) is 12.9. The Hall–Kier alpha value is -2.53. The summed E-state index contributed by atoms with van der Waals surface area (Å²) < 4.78 is 5.43. The van der Waals surface area contributed by atoms with Crippen molar-refractivity contribution in [1.29, 1.82) is 0 Å². The van der Waals surface area contributed by atoms with E-state index in [0.29, 0.717) is 16.3 Å². The third-order valence-electron chi connectivity index (χ3n) is 3.09. The van der Waals surface area contributed by atoms with E-state index < -0.39 is 11.8 Å². The first-order chi connectivity index (χ1) is 11.0. The van der Waals surface area contributed by atoms with Gasteiger partial charge in [-0.05, 0) is 43.7 Å². The van der Waals surface area contributed by atoms with Crippen LogP contribution in [0, 0.1) is 13.8 Å². The normalized spacial score (nSPS) is 10.0. The van der Waals surface area contributed by atoms with Crippen LogP contribution < -0.4 is 15.6 Å². The van der Waals surface area contributed by atoms with Crippen molar-refractivity contribution in [3.05, 3.63) is 64.2 Å². The summed E-state index contributed by atoms with van der Waals surface area (Å²) in [6.07, 6.45) is 0. The van der Waals surface area contributed by atoms with Gasteiger partial charge < -0.3 is 4.74 Å². The summed E-state index contributed by atoms with van der Waals surface area (Å²) in [7, 11) is 0. The number of aryl methyl sites for hydroxylation is 2. The highest BCUT2D eigenvalue weighted by Crippen LogP contribution is 2.18. The molecule has 0 fully saturated rings. The summed E-state index contributed by atoms with van der Waals surface area (Å²) in [5, 5.41) is 0.446. The van der Waals surface area contributed by atoms with Gasteiger partial charge in [0.1, 0.15) is 5.75 Å².